The molecule has 0 saturated carbocycles. The van der Waals surface area contributed by atoms with Crippen LogP contribution in [0.2, 0.25) is 0 Å². The highest BCUT2D eigenvalue weighted by Gasteiger charge is 2.33. The summed E-state index contributed by atoms with van der Waals surface area (Å²) in [5.74, 6) is 1.01. The first-order valence-electron chi connectivity index (χ1n) is 11.0. The lowest BCUT2D eigenvalue weighted by atomic mass is 10.2. The van der Waals surface area contributed by atoms with E-state index in [2.05, 4.69) is 9.97 Å². The number of para-hydroxylation sites is 4. The number of rotatable bonds is 4. The van der Waals surface area contributed by atoms with Gasteiger partial charge in [0.1, 0.15) is 12.3 Å². The molecule has 33 heavy (non-hydrogen) atoms. The third-order valence-corrected chi connectivity index (χ3v) is 5.97. The average molecular weight is 448 g/mol. The largest absolute Gasteiger partial charge is 0.485 e. The first kappa shape index (κ1) is 21.0. The molecule has 5 rings (SSSR count). The number of piperazine rings is 1. The van der Waals surface area contributed by atoms with Crippen molar-refractivity contribution in [3.05, 3.63) is 64.6 Å². The summed E-state index contributed by atoms with van der Waals surface area (Å²) in [5.41, 5.74) is 1.45. The van der Waals surface area contributed by atoms with Crippen LogP contribution in [0, 0.1) is 0 Å². The van der Waals surface area contributed by atoms with E-state index in [-0.39, 0.29) is 36.8 Å². The number of ether oxygens (including phenoxy) is 2. The summed E-state index contributed by atoms with van der Waals surface area (Å²) in [6, 6.07) is 14.6. The Morgan fingerprint density at radius 1 is 0.970 bits per heavy atom. The molecule has 0 bridgehead atoms. The SMILES string of the molecule is O=C(CCc1nc2ccccc2[nH]c1=O)N1CCN(C(=O)[C@H]2COc3ccccc3O2)CC1. The van der Waals surface area contributed by atoms with Crippen molar-refractivity contribution in [3.63, 3.8) is 0 Å². The van der Waals surface area contributed by atoms with Crippen LogP contribution < -0.4 is 15.0 Å². The molecule has 3 aromatic rings. The Balaban J connectivity index is 1.14. The fourth-order valence-electron chi connectivity index (χ4n) is 4.14. The van der Waals surface area contributed by atoms with Gasteiger partial charge in [-0.05, 0) is 24.3 Å². The number of hydrogen-bond donors (Lipinski definition) is 1. The number of carbonyl (C=O) groups excluding carboxylic acids is 2. The van der Waals surface area contributed by atoms with Crippen LogP contribution >= 0.6 is 0 Å². The van der Waals surface area contributed by atoms with E-state index < -0.39 is 6.10 Å². The van der Waals surface area contributed by atoms with Crippen molar-refractivity contribution in [2.45, 2.75) is 18.9 Å². The first-order valence-corrected chi connectivity index (χ1v) is 11.0. The van der Waals surface area contributed by atoms with Crippen molar-refractivity contribution >= 4 is 22.8 Å². The summed E-state index contributed by atoms with van der Waals surface area (Å²) in [6.45, 7) is 1.91. The number of H-pyrrole nitrogens is 1. The number of carbonyl (C=O) groups is 2. The lowest BCUT2D eigenvalue weighted by Gasteiger charge is -2.37. The lowest BCUT2D eigenvalue weighted by Crippen LogP contribution is -2.55. The maximum atomic E-state index is 12.9. The topological polar surface area (TPSA) is 105 Å². The van der Waals surface area contributed by atoms with Crippen molar-refractivity contribution in [1.82, 2.24) is 19.8 Å². The maximum absolute atomic E-state index is 12.9. The number of nitrogens with zero attached hydrogens (tertiary/aromatic N) is 3. The van der Waals surface area contributed by atoms with Gasteiger partial charge in [-0.1, -0.05) is 24.3 Å². The van der Waals surface area contributed by atoms with Crippen LogP contribution in [0.25, 0.3) is 11.0 Å². The van der Waals surface area contributed by atoms with Crippen molar-refractivity contribution in [3.8, 4) is 11.5 Å². The minimum atomic E-state index is -0.687. The summed E-state index contributed by atoms with van der Waals surface area (Å²) in [4.78, 5) is 48.5. The minimum absolute atomic E-state index is 0.0531. The van der Waals surface area contributed by atoms with E-state index in [0.717, 1.165) is 0 Å². The van der Waals surface area contributed by atoms with E-state index in [4.69, 9.17) is 9.47 Å². The number of benzene rings is 2. The van der Waals surface area contributed by atoms with Gasteiger partial charge in [0.15, 0.2) is 11.5 Å². The number of nitrogens with one attached hydrogen (secondary N) is 1. The van der Waals surface area contributed by atoms with Gasteiger partial charge in [-0.3, -0.25) is 14.4 Å². The molecule has 2 aromatic carbocycles. The molecule has 0 radical (unpaired) electrons. The number of aryl methyl sites for hydroxylation is 1. The van der Waals surface area contributed by atoms with Crippen LogP contribution in [0.15, 0.2) is 53.3 Å². The molecule has 1 atom stereocenters. The predicted molar refractivity (Wildman–Crippen MR) is 120 cm³/mol. The molecule has 1 saturated heterocycles. The molecule has 0 aliphatic carbocycles. The summed E-state index contributed by atoms with van der Waals surface area (Å²) >= 11 is 0. The van der Waals surface area contributed by atoms with Crippen LogP contribution in [0.1, 0.15) is 12.1 Å². The smallest absolute Gasteiger partial charge is 0.270 e. The summed E-state index contributed by atoms with van der Waals surface area (Å²) in [7, 11) is 0. The summed E-state index contributed by atoms with van der Waals surface area (Å²) in [5, 5.41) is 0. The number of aromatic amines is 1. The van der Waals surface area contributed by atoms with Crippen molar-refractivity contribution in [2.75, 3.05) is 32.8 Å². The predicted octanol–water partition coefficient (Wildman–Crippen LogP) is 1.37. The molecule has 0 spiro atoms. The zero-order valence-corrected chi connectivity index (χ0v) is 18.0. The second kappa shape index (κ2) is 8.93. The van der Waals surface area contributed by atoms with Crippen LogP contribution in [0.3, 0.4) is 0 Å². The second-order valence-corrected chi connectivity index (χ2v) is 8.10. The Hall–Kier alpha value is -3.88. The number of amides is 2. The van der Waals surface area contributed by atoms with Crippen molar-refractivity contribution in [1.29, 1.82) is 0 Å². The highest BCUT2D eigenvalue weighted by atomic mass is 16.6. The molecule has 1 aromatic heterocycles. The van der Waals surface area contributed by atoms with Crippen LogP contribution in [-0.2, 0) is 16.0 Å². The number of fused-ring (bicyclic) bond motifs is 2. The Morgan fingerprint density at radius 3 is 2.48 bits per heavy atom. The minimum Gasteiger partial charge on any atom is -0.485 e. The number of aromatic nitrogens is 2. The zero-order chi connectivity index (χ0) is 22.8. The first-order chi connectivity index (χ1) is 16.1. The molecule has 9 nitrogen and oxygen atoms in total. The Labute approximate surface area is 189 Å². The molecule has 0 unspecified atom stereocenters. The molecule has 2 amide bonds. The van der Waals surface area contributed by atoms with E-state index in [1.807, 2.05) is 36.4 Å². The van der Waals surface area contributed by atoms with E-state index in [0.29, 0.717) is 54.4 Å². The quantitative estimate of drug-likeness (QED) is 0.646. The van der Waals surface area contributed by atoms with E-state index in [9.17, 15) is 14.4 Å². The van der Waals surface area contributed by atoms with Crippen LogP contribution in [0.4, 0.5) is 0 Å². The van der Waals surface area contributed by atoms with Crippen molar-refractivity contribution < 1.29 is 19.1 Å². The van der Waals surface area contributed by atoms with E-state index >= 15 is 0 Å². The Kier molecular flexibility index (Phi) is 5.68. The Morgan fingerprint density at radius 2 is 1.67 bits per heavy atom. The molecule has 9 heteroatoms. The standard InChI is InChI=1S/C24H24N4O5/c29-22(10-9-18-23(30)26-17-6-2-1-5-16(17)25-18)27-11-13-28(14-12-27)24(31)21-15-32-19-7-3-4-8-20(19)33-21/h1-8,21H,9-15H2,(H,26,30)/t21-/m1/s1. The number of hydrogen-bond acceptors (Lipinski definition) is 6. The van der Waals surface area contributed by atoms with E-state index in [1.165, 1.54) is 0 Å². The lowest BCUT2D eigenvalue weighted by molar-refractivity contribution is -0.146. The highest BCUT2D eigenvalue weighted by molar-refractivity contribution is 5.83. The molecule has 3 heterocycles. The Bertz CT molecular complexity index is 1250. The highest BCUT2D eigenvalue weighted by Crippen LogP contribution is 2.31. The summed E-state index contributed by atoms with van der Waals surface area (Å²) < 4.78 is 11.5. The monoisotopic (exact) mass is 448 g/mol. The van der Waals surface area contributed by atoms with Gasteiger partial charge in [0.05, 0.1) is 11.0 Å². The van der Waals surface area contributed by atoms with Gasteiger partial charge in [-0.2, -0.15) is 0 Å². The van der Waals surface area contributed by atoms with Crippen LogP contribution in [0.5, 0.6) is 11.5 Å². The second-order valence-electron chi connectivity index (χ2n) is 8.10. The third-order valence-electron chi connectivity index (χ3n) is 5.97. The van der Waals surface area contributed by atoms with Gasteiger partial charge in [0.25, 0.3) is 11.5 Å². The summed E-state index contributed by atoms with van der Waals surface area (Å²) in [6.07, 6.45) is -0.225. The molecule has 170 valence electrons. The molecular weight excluding hydrogens is 424 g/mol. The fourth-order valence-corrected chi connectivity index (χ4v) is 4.14. The van der Waals surface area contributed by atoms with E-state index in [1.54, 1.807) is 21.9 Å². The van der Waals surface area contributed by atoms with Gasteiger partial charge < -0.3 is 24.3 Å². The van der Waals surface area contributed by atoms with Gasteiger partial charge >= 0.3 is 0 Å². The third kappa shape index (κ3) is 4.39. The molecular formula is C24H24N4O5. The fraction of sp³-hybridized carbons (Fsp3) is 0.333. The zero-order valence-electron chi connectivity index (χ0n) is 18.0. The van der Waals surface area contributed by atoms with Gasteiger partial charge in [0, 0.05) is 39.0 Å². The normalized spacial score (nSPS) is 17.8. The van der Waals surface area contributed by atoms with Crippen LogP contribution in [-0.4, -0.2) is 70.5 Å². The van der Waals surface area contributed by atoms with Gasteiger partial charge in [0.2, 0.25) is 12.0 Å². The average Bonchev–Trinajstić information content (AvgIpc) is 2.86. The molecule has 1 fully saturated rings. The molecule has 2 aliphatic rings. The van der Waals surface area contributed by atoms with Gasteiger partial charge in [-0.15, -0.1) is 0 Å². The van der Waals surface area contributed by atoms with Crippen molar-refractivity contribution in [2.24, 2.45) is 0 Å². The molecule has 1 N–H and O–H groups in total. The van der Waals surface area contributed by atoms with Gasteiger partial charge in [-0.25, -0.2) is 4.98 Å². The molecule has 2 aliphatic heterocycles. The maximum Gasteiger partial charge on any atom is 0.270 e.